The number of nitrogens with zero attached hydrogens (tertiary/aromatic N) is 2. The Kier molecular flexibility index (Phi) is 4.17. The Bertz CT molecular complexity index is 547. The van der Waals surface area contributed by atoms with E-state index in [0.29, 0.717) is 31.9 Å². The van der Waals surface area contributed by atoms with Gasteiger partial charge in [-0.3, -0.25) is 5.10 Å². The van der Waals surface area contributed by atoms with Crippen LogP contribution in [0, 0.1) is 6.92 Å². The minimum atomic E-state index is -3.48. The minimum absolute atomic E-state index is 0. The van der Waals surface area contributed by atoms with Crippen LogP contribution in [0.2, 0.25) is 0 Å². The topological polar surface area (TPSA) is 87.3 Å². The van der Waals surface area contributed by atoms with Crippen LogP contribution in [0.15, 0.2) is 11.1 Å². The SMILES string of the molecule is Cc1[nH]ncc1S(=O)(=O)N1CCO[C@H]2CNC[C@H]21.Cl. The fraction of sp³-hybridized carbons (Fsp3) is 0.700. The number of ether oxygens (including phenoxy) is 1. The number of nitrogens with one attached hydrogen (secondary N) is 2. The molecular formula is C10H17ClN4O3S. The fourth-order valence-corrected chi connectivity index (χ4v) is 4.34. The fourth-order valence-electron chi connectivity index (χ4n) is 2.58. The van der Waals surface area contributed by atoms with E-state index in [1.165, 1.54) is 6.20 Å². The summed E-state index contributed by atoms with van der Waals surface area (Å²) in [5.41, 5.74) is 0.573. The van der Waals surface area contributed by atoms with Crippen LogP contribution in [0.5, 0.6) is 0 Å². The molecule has 0 amide bonds. The van der Waals surface area contributed by atoms with Crippen LogP contribution in [-0.4, -0.2) is 61.3 Å². The van der Waals surface area contributed by atoms with E-state index in [1.807, 2.05) is 0 Å². The Hall–Kier alpha value is -0.670. The molecular weight excluding hydrogens is 292 g/mol. The van der Waals surface area contributed by atoms with Gasteiger partial charge in [-0.15, -0.1) is 12.4 Å². The smallest absolute Gasteiger partial charge is 0.246 e. The molecule has 0 radical (unpaired) electrons. The van der Waals surface area contributed by atoms with Gasteiger partial charge in [-0.1, -0.05) is 0 Å². The van der Waals surface area contributed by atoms with Crippen LogP contribution in [-0.2, 0) is 14.8 Å². The molecule has 2 fully saturated rings. The molecule has 1 aromatic heterocycles. The van der Waals surface area contributed by atoms with Gasteiger partial charge in [-0.25, -0.2) is 8.42 Å². The van der Waals surface area contributed by atoms with Crippen LogP contribution < -0.4 is 5.32 Å². The van der Waals surface area contributed by atoms with Gasteiger partial charge < -0.3 is 10.1 Å². The van der Waals surface area contributed by atoms with Crippen molar-refractivity contribution >= 4 is 22.4 Å². The second-order valence-electron chi connectivity index (χ2n) is 4.61. The Morgan fingerprint density at radius 2 is 2.26 bits per heavy atom. The number of hydrogen-bond donors (Lipinski definition) is 2. The number of morpholine rings is 1. The van der Waals surface area contributed by atoms with Gasteiger partial charge in [0.1, 0.15) is 4.90 Å². The summed E-state index contributed by atoms with van der Waals surface area (Å²) in [6.45, 7) is 3.90. The first kappa shape index (κ1) is 14.7. The predicted octanol–water partition coefficient (Wildman–Crippen LogP) is -0.499. The zero-order valence-electron chi connectivity index (χ0n) is 10.5. The van der Waals surface area contributed by atoms with Gasteiger partial charge in [-0.2, -0.15) is 9.40 Å². The summed E-state index contributed by atoms with van der Waals surface area (Å²) < 4.78 is 32.3. The first-order valence-electron chi connectivity index (χ1n) is 5.95. The predicted molar refractivity (Wildman–Crippen MR) is 70.9 cm³/mol. The van der Waals surface area contributed by atoms with E-state index < -0.39 is 10.0 Å². The normalized spacial score (nSPS) is 27.8. The molecule has 1 aromatic rings. The maximum Gasteiger partial charge on any atom is 0.246 e. The maximum atomic E-state index is 12.6. The Morgan fingerprint density at radius 3 is 2.95 bits per heavy atom. The molecule has 0 saturated carbocycles. The molecule has 108 valence electrons. The van der Waals surface area contributed by atoms with Crippen molar-refractivity contribution < 1.29 is 13.2 Å². The number of hydrogen-bond acceptors (Lipinski definition) is 5. The highest BCUT2D eigenvalue weighted by atomic mass is 35.5. The number of halogens is 1. The molecule has 2 atom stereocenters. The summed E-state index contributed by atoms with van der Waals surface area (Å²) in [5.74, 6) is 0. The van der Waals surface area contributed by atoms with E-state index in [9.17, 15) is 8.42 Å². The number of aryl methyl sites for hydroxylation is 1. The summed E-state index contributed by atoms with van der Waals surface area (Å²) in [4.78, 5) is 0.259. The lowest BCUT2D eigenvalue weighted by atomic mass is 10.2. The third-order valence-corrected chi connectivity index (χ3v) is 5.55. The zero-order valence-corrected chi connectivity index (χ0v) is 12.1. The first-order valence-corrected chi connectivity index (χ1v) is 7.39. The summed E-state index contributed by atoms with van der Waals surface area (Å²) in [7, 11) is -3.48. The average Bonchev–Trinajstić information content (AvgIpc) is 2.96. The highest BCUT2D eigenvalue weighted by Crippen LogP contribution is 2.26. The number of H-pyrrole nitrogens is 1. The largest absolute Gasteiger partial charge is 0.374 e. The van der Waals surface area contributed by atoms with Gasteiger partial charge in [0, 0.05) is 19.6 Å². The molecule has 2 aliphatic rings. The number of sulfonamides is 1. The van der Waals surface area contributed by atoms with Crippen LogP contribution in [0.25, 0.3) is 0 Å². The molecule has 19 heavy (non-hydrogen) atoms. The van der Waals surface area contributed by atoms with Crippen molar-refractivity contribution in [2.24, 2.45) is 0 Å². The summed E-state index contributed by atoms with van der Waals surface area (Å²) in [6, 6.07) is -0.113. The highest BCUT2D eigenvalue weighted by molar-refractivity contribution is 7.89. The van der Waals surface area contributed by atoms with E-state index in [-0.39, 0.29) is 29.4 Å². The van der Waals surface area contributed by atoms with Gasteiger partial charge in [0.25, 0.3) is 0 Å². The molecule has 0 aromatic carbocycles. The van der Waals surface area contributed by atoms with E-state index >= 15 is 0 Å². The van der Waals surface area contributed by atoms with Crippen molar-refractivity contribution in [2.45, 2.75) is 24.0 Å². The number of aromatic nitrogens is 2. The lowest BCUT2D eigenvalue weighted by Gasteiger charge is -2.35. The molecule has 0 bridgehead atoms. The van der Waals surface area contributed by atoms with Gasteiger partial charge in [0.15, 0.2) is 0 Å². The molecule has 9 heteroatoms. The monoisotopic (exact) mass is 308 g/mol. The average molecular weight is 309 g/mol. The standard InChI is InChI=1S/C10H16N4O3S.ClH/c1-7-10(6-12-13-7)18(15,16)14-2-3-17-9-5-11-4-8(9)14;/h6,8-9,11H,2-5H2,1H3,(H,12,13);1H/t8-,9+;/m1./s1. The number of rotatable bonds is 2. The van der Waals surface area contributed by atoms with Gasteiger partial charge in [0.2, 0.25) is 10.0 Å². The van der Waals surface area contributed by atoms with Crippen molar-refractivity contribution in [3.8, 4) is 0 Å². The molecule has 3 heterocycles. The lowest BCUT2D eigenvalue weighted by molar-refractivity contribution is -0.0149. The van der Waals surface area contributed by atoms with Gasteiger partial charge in [0.05, 0.1) is 30.6 Å². The Morgan fingerprint density at radius 1 is 1.47 bits per heavy atom. The molecule has 7 nitrogen and oxygen atoms in total. The van der Waals surface area contributed by atoms with Crippen LogP contribution in [0.3, 0.4) is 0 Å². The second kappa shape index (κ2) is 5.37. The van der Waals surface area contributed by atoms with Crippen molar-refractivity contribution in [1.29, 1.82) is 0 Å². The third kappa shape index (κ3) is 2.38. The first-order chi connectivity index (χ1) is 8.60. The quantitative estimate of drug-likeness (QED) is 0.769. The van der Waals surface area contributed by atoms with Crippen LogP contribution in [0.4, 0.5) is 0 Å². The van der Waals surface area contributed by atoms with Crippen LogP contribution >= 0.6 is 12.4 Å². The van der Waals surface area contributed by atoms with E-state index in [2.05, 4.69) is 15.5 Å². The molecule has 0 aliphatic carbocycles. The van der Waals surface area contributed by atoms with E-state index in [1.54, 1.807) is 11.2 Å². The Labute approximate surface area is 118 Å². The molecule has 3 rings (SSSR count). The summed E-state index contributed by atoms with van der Waals surface area (Å²) in [6.07, 6.45) is 1.33. The minimum Gasteiger partial charge on any atom is -0.374 e. The number of aromatic amines is 1. The Balaban J connectivity index is 0.00000133. The molecule has 2 saturated heterocycles. The van der Waals surface area contributed by atoms with Crippen molar-refractivity contribution in [2.75, 3.05) is 26.2 Å². The second-order valence-corrected chi connectivity index (χ2v) is 6.47. The molecule has 0 spiro atoms. The van der Waals surface area contributed by atoms with E-state index in [0.717, 1.165) is 0 Å². The van der Waals surface area contributed by atoms with Gasteiger partial charge >= 0.3 is 0 Å². The van der Waals surface area contributed by atoms with Crippen molar-refractivity contribution in [3.05, 3.63) is 11.9 Å². The highest BCUT2D eigenvalue weighted by Gasteiger charge is 2.43. The van der Waals surface area contributed by atoms with Gasteiger partial charge in [-0.05, 0) is 6.92 Å². The number of fused-ring (bicyclic) bond motifs is 1. The van der Waals surface area contributed by atoms with Crippen molar-refractivity contribution in [1.82, 2.24) is 19.8 Å². The third-order valence-electron chi connectivity index (χ3n) is 3.51. The maximum absolute atomic E-state index is 12.6. The molecule has 0 unspecified atom stereocenters. The zero-order chi connectivity index (χ0) is 12.8. The molecule has 2 N–H and O–H groups in total. The lowest BCUT2D eigenvalue weighted by Crippen LogP contribution is -2.53. The molecule has 2 aliphatic heterocycles. The van der Waals surface area contributed by atoms with E-state index in [4.69, 9.17) is 4.74 Å². The summed E-state index contributed by atoms with van der Waals surface area (Å²) >= 11 is 0. The van der Waals surface area contributed by atoms with Crippen molar-refractivity contribution in [3.63, 3.8) is 0 Å². The van der Waals surface area contributed by atoms with Crippen LogP contribution in [0.1, 0.15) is 5.69 Å². The summed E-state index contributed by atoms with van der Waals surface area (Å²) in [5, 5.41) is 9.63.